The zero-order valence-electron chi connectivity index (χ0n) is 17.0. The highest BCUT2D eigenvalue weighted by Crippen LogP contribution is 2.36. The predicted octanol–water partition coefficient (Wildman–Crippen LogP) is 2.66. The van der Waals surface area contributed by atoms with Gasteiger partial charge in [-0.05, 0) is 30.7 Å². The fourth-order valence-corrected chi connectivity index (χ4v) is 4.90. The number of carboxylic acid groups (broad SMARTS) is 1. The van der Waals surface area contributed by atoms with E-state index in [1.807, 2.05) is 17.5 Å². The van der Waals surface area contributed by atoms with Gasteiger partial charge in [-0.3, -0.25) is 9.69 Å². The van der Waals surface area contributed by atoms with Crippen LogP contribution in [0.15, 0.2) is 17.5 Å². The van der Waals surface area contributed by atoms with E-state index in [2.05, 4.69) is 10.2 Å². The van der Waals surface area contributed by atoms with Crippen molar-refractivity contribution in [3.05, 3.63) is 22.4 Å². The van der Waals surface area contributed by atoms with Gasteiger partial charge in [0.05, 0.1) is 25.2 Å². The molecule has 7 nitrogen and oxygen atoms in total. The molecule has 1 amide bonds. The van der Waals surface area contributed by atoms with Crippen LogP contribution >= 0.6 is 11.3 Å². The molecule has 3 aliphatic heterocycles. The lowest BCUT2D eigenvalue weighted by atomic mass is 10.0. The highest BCUT2D eigenvalue weighted by atomic mass is 32.1. The fourth-order valence-electron chi connectivity index (χ4n) is 4.25. The van der Waals surface area contributed by atoms with Crippen LogP contribution in [-0.2, 0) is 25.6 Å². The van der Waals surface area contributed by atoms with E-state index in [-0.39, 0.29) is 12.0 Å². The lowest BCUT2D eigenvalue weighted by Gasteiger charge is -2.31. The summed E-state index contributed by atoms with van der Waals surface area (Å²) in [4.78, 5) is 24.8. The van der Waals surface area contributed by atoms with E-state index in [1.54, 1.807) is 11.3 Å². The molecule has 3 aliphatic rings. The summed E-state index contributed by atoms with van der Waals surface area (Å²) in [5, 5.41) is 12.2. The molecule has 3 fully saturated rings. The van der Waals surface area contributed by atoms with E-state index in [0.717, 1.165) is 45.6 Å². The number of ether oxygens (including phenoxy) is 2. The Morgan fingerprint density at radius 2 is 1.97 bits per heavy atom. The van der Waals surface area contributed by atoms with Crippen molar-refractivity contribution < 1.29 is 37.3 Å². The summed E-state index contributed by atoms with van der Waals surface area (Å²) >= 11 is 1.67. The summed E-state index contributed by atoms with van der Waals surface area (Å²) in [6, 6.07) is 4.73. The summed E-state index contributed by atoms with van der Waals surface area (Å²) in [6.07, 6.45) is -0.850. The highest BCUT2D eigenvalue weighted by Gasteiger charge is 2.44. The van der Waals surface area contributed by atoms with Crippen LogP contribution in [0.25, 0.3) is 0 Å². The predicted molar refractivity (Wildman–Crippen MR) is 107 cm³/mol. The second kappa shape index (κ2) is 10.8. The van der Waals surface area contributed by atoms with Gasteiger partial charge >= 0.3 is 12.1 Å². The fraction of sp³-hybridized carbons (Fsp3) is 0.700. The number of nitrogens with zero attached hydrogens (tertiary/aromatic N) is 1. The third-order valence-corrected chi connectivity index (χ3v) is 6.62. The van der Waals surface area contributed by atoms with Crippen LogP contribution in [0.2, 0.25) is 0 Å². The first-order chi connectivity index (χ1) is 14.7. The van der Waals surface area contributed by atoms with Gasteiger partial charge in [0, 0.05) is 43.1 Å². The Bertz CT molecular complexity index is 711. The van der Waals surface area contributed by atoms with E-state index in [4.69, 9.17) is 19.4 Å². The Morgan fingerprint density at radius 3 is 2.55 bits per heavy atom. The summed E-state index contributed by atoms with van der Waals surface area (Å²) in [7, 11) is 0. The standard InChI is InChI=1S/C18H26N2O3S.C2HF3O2/c21-18(19-10-16-2-1-7-24-16)9-15-8-13-11-20(12-17(13)23-15)14-3-5-22-6-4-14;3-2(4,5)1(6)7/h1-2,7,13-15,17H,3-6,8-12H2,(H,19,21);(H,6,7)/t13-,15+,17+;/m0./s1. The molecule has 11 heteroatoms. The van der Waals surface area contributed by atoms with Crippen LogP contribution in [0.5, 0.6) is 0 Å². The molecule has 0 aromatic carbocycles. The molecule has 174 valence electrons. The molecule has 2 N–H and O–H groups in total. The number of aliphatic carboxylic acids is 1. The third-order valence-electron chi connectivity index (χ3n) is 5.74. The zero-order valence-corrected chi connectivity index (χ0v) is 17.8. The second-order valence-corrected chi connectivity index (χ2v) is 8.99. The molecule has 1 aromatic rings. The summed E-state index contributed by atoms with van der Waals surface area (Å²) in [5.41, 5.74) is 0. The number of alkyl halides is 3. The molecular formula is C20H27F3N2O5S. The van der Waals surface area contributed by atoms with E-state index in [1.165, 1.54) is 4.88 Å². The van der Waals surface area contributed by atoms with Gasteiger partial charge in [-0.1, -0.05) is 6.07 Å². The number of nitrogens with one attached hydrogen (secondary N) is 1. The van der Waals surface area contributed by atoms with Crippen LogP contribution in [0.1, 0.15) is 30.6 Å². The van der Waals surface area contributed by atoms with Crippen LogP contribution in [-0.4, -0.2) is 72.6 Å². The Balaban J connectivity index is 0.000000339. The van der Waals surface area contributed by atoms with E-state index >= 15 is 0 Å². The number of amides is 1. The molecule has 3 atom stereocenters. The Kier molecular flexibility index (Phi) is 8.31. The molecular weight excluding hydrogens is 437 g/mol. The largest absolute Gasteiger partial charge is 0.490 e. The van der Waals surface area contributed by atoms with Crippen molar-refractivity contribution in [2.45, 2.75) is 56.7 Å². The van der Waals surface area contributed by atoms with Crippen molar-refractivity contribution in [1.29, 1.82) is 0 Å². The number of likely N-dealkylation sites (tertiary alicyclic amines) is 1. The van der Waals surface area contributed by atoms with Gasteiger partial charge in [0.1, 0.15) is 0 Å². The van der Waals surface area contributed by atoms with Crippen LogP contribution in [0.3, 0.4) is 0 Å². The number of hydrogen-bond donors (Lipinski definition) is 2. The van der Waals surface area contributed by atoms with Crippen molar-refractivity contribution in [2.24, 2.45) is 5.92 Å². The van der Waals surface area contributed by atoms with Gasteiger partial charge < -0.3 is 19.9 Å². The lowest BCUT2D eigenvalue weighted by Crippen LogP contribution is -2.39. The Labute approximate surface area is 182 Å². The average Bonchev–Trinajstić information content (AvgIpc) is 3.43. The maximum Gasteiger partial charge on any atom is 0.490 e. The Morgan fingerprint density at radius 1 is 1.26 bits per heavy atom. The monoisotopic (exact) mass is 464 g/mol. The summed E-state index contributed by atoms with van der Waals surface area (Å²) < 4.78 is 43.4. The number of fused-ring (bicyclic) bond motifs is 1. The minimum Gasteiger partial charge on any atom is -0.475 e. The molecule has 1 aromatic heterocycles. The van der Waals surface area contributed by atoms with Crippen LogP contribution in [0.4, 0.5) is 13.2 Å². The van der Waals surface area contributed by atoms with E-state index in [9.17, 15) is 18.0 Å². The van der Waals surface area contributed by atoms with Gasteiger partial charge in [-0.15, -0.1) is 11.3 Å². The van der Waals surface area contributed by atoms with Crippen molar-refractivity contribution in [1.82, 2.24) is 10.2 Å². The van der Waals surface area contributed by atoms with Gasteiger partial charge in [0.2, 0.25) is 5.91 Å². The van der Waals surface area contributed by atoms with Crippen molar-refractivity contribution in [3.8, 4) is 0 Å². The molecule has 4 rings (SSSR count). The van der Waals surface area contributed by atoms with E-state index < -0.39 is 12.1 Å². The van der Waals surface area contributed by atoms with Crippen molar-refractivity contribution in [2.75, 3.05) is 26.3 Å². The average molecular weight is 465 g/mol. The maximum absolute atomic E-state index is 12.1. The second-order valence-electron chi connectivity index (χ2n) is 7.95. The first kappa shape index (κ1) is 24.0. The smallest absolute Gasteiger partial charge is 0.475 e. The maximum atomic E-state index is 12.1. The minimum absolute atomic E-state index is 0.0974. The highest BCUT2D eigenvalue weighted by molar-refractivity contribution is 7.09. The van der Waals surface area contributed by atoms with Crippen LogP contribution < -0.4 is 5.32 Å². The number of rotatable bonds is 5. The molecule has 3 saturated heterocycles. The Hall–Kier alpha value is -1.69. The molecule has 0 bridgehead atoms. The van der Waals surface area contributed by atoms with Gasteiger partial charge in [0.15, 0.2) is 0 Å². The quantitative estimate of drug-likeness (QED) is 0.697. The number of carboxylic acids is 1. The zero-order chi connectivity index (χ0) is 22.4. The number of hydrogen-bond acceptors (Lipinski definition) is 6. The number of carbonyl (C=O) groups is 2. The molecule has 0 aliphatic carbocycles. The molecule has 0 radical (unpaired) electrons. The van der Waals surface area contributed by atoms with Crippen LogP contribution in [0, 0.1) is 5.92 Å². The first-order valence-corrected chi connectivity index (χ1v) is 11.2. The molecule has 4 heterocycles. The number of halogens is 3. The van der Waals surface area contributed by atoms with Gasteiger partial charge in [0.25, 0.3) is 0 Å². The van der Waals surface area contributed by atoms with Gasteiger partial charge in [-0.2, -0.15) is 13.2 Å². The normalized spacial score (nSPS) is 26.7. The van der Waals surface area contributed by atoms with Crippen molar-refractivity contribution in [3.63, 3.8) is 0 Å². The first-order valence-electron chi connectivity index (χ1n) is 10.3. The van der Waals surface area contributed by atoms with E-state index in [0.29, 0.717) is 31.0 Å². The molecule has 0 spiro atoms. The molecule has 0 saturated carbocycles. The summed E-state index contributed by atoms with van der Waals surface area (Å²) in [6.45, 7) is 4.58. The summed E-state index contributed by atoms with van der Waals surface area (Å²) in [5.74, 6) is -2.05. The van der Waals surface area contributed by atoms with Crippen molar-refractivity contribution >= 4 is 23.2 Å². The topological polar surface area (TPSA) is 88.1 Å². The molecule has 31 heavy (non-hydrogen) atoms. The SMILES string of the molecule is O=C(C[C@H]1C[C@H]2CN(C3CCOCC3)C[C@H]2O1)NCc1cccs1.O=C(O)C(F)(F)F. The molecule has 0 unspecified atom stereocenters. The third kappa shape index (κ3) is 7.16. The number of carbonyl (C=O) groups excluding carboxylic acids is 1. The minimum atomic E-state index is -5.08. The number of thiophene rings is 1. The lowest BCUT2D eigenvalue weighted by molar-refractivity contribution is -0.192. The van der Waals surface area contributed by atoms with Gasteiger partial charge in [-0.25, -0.2) is 4.79 Å².